The van der Waals surface area contributed by atoms with E-state index >= 15 is 0 Å². The molecule has 0 fully saturated rings. The van der Waals surface area contributed by atoms with Gasteiger partial charge < -0.3 is 14.8 Å². The average molecular weight is 503 g/mol. The first kappa shape index (κ1) is 25.3. The van der Waals surface area contributed by atoms with Gasteiger partial charge in [-0.25, -0.2) is 13.4 Å². The Hall–Kier alpha value is -3.84. The molecule has 36 heavy (non-hydrogen) atoms. The molecule has 7 heteroatoms. The molecule has 0 bridgehead atoms. The van der Waals surface area contributed by atoms with Crippen LogP contribution in [0.25, 0.3) is 0 Å². The monoisotopic (exact) mass is 502 g/mol. The van der Waals surface area contributed by atoms with E-state index < -0.39 is 9.84 Å². The SMILES string of the molecule is COc1cccc(COc2cccc(S(=O)(=O)c3ccc(C)nc3Nc3c(C)cc(C)cc3C)c2)c1. The molecule has 0 amide bonds. The number of sulfone groups is 1. The third-order valence-corrected chi connectivity index (χ3v) is 7.65. The number of nitrogens with one attached hydrogen (secondary N) is 1. The third-order valence-electron chi connectivity index (χ3n) is 5.86. The predicted molar refractivity (Wildman–Crippen MR) is 142 cm³/mol. The van der Waals surface area contributed by atoms with Gasteiger partial charge in [0.05, 0.1) is 12.0 Å². The summed E-state index contributed by atoms with van der Waals surface area (Å²) in [7, 11) is -2.27. The maximum Gasteiger partial charge on any atom is 0.210 e. The summed E-state index contributed by atoms with van der Waals surface area (Å²) in [6.07, 6.45) is 0. The van der Waals surface area contributed by atoms with E-state index in [0.29, 0.717) is 17.3 Å². The first-order valence-electron chi connectivity index (χ1n) is 11.6. The van der Waals surface area contributed by atoms with Crippen LogP contribution in [0.4, 0.5) is 11.5 Å². The average Bonchev–Trinajstić information content (AvgIpc) is 2.85. The number of anilines is 2. The molecule has 4 rings (SSSR count). The molecule has 0 atom stereocenters. The van der Waals surface area contributed by atoms with Crippen molar-refractivity contribution in [3.8, 4) is 11.5 Å². The summed E-state index contributed by atoms with van der Waals surface area (Å²) in [6.45, 7) is 8.15. The van der Waals surface area contributed by atoms with Crippen LogP contribution in [-0.4, -0.2) is 20.5 Å². The molecular weight excluding hydrogens is 472 g/mol. The number of pyridine rings is 1. The van der Waals surface area contributed by atoms with Gasteiger partial charge in [0.2, 0.25) is 9.84 Å². The van der Waals surface area contributed by atoms with Gasteiger partial charge in [-0.2, -0.15) is 0 Å². The van der Waals surface area contributed by atoms with Gasteiger partial charge in [0.15, 0.2) is 0 Å². The van der Waals surface area contributed by atoms with Gasteiger partial charge in [0.1, 0.15) is 28.8 Å². The minimum atomic E-state index is -3.88. The van der Waals surface area contributed by atoms with Crippen LogP contribution in [0.2, 0.25) is 0 Å². The van der Waals surface area contributed by atoms with E-state index in [4.69, 9.17) is 9.47 Å². The topological polar surface area (TPSA) is 77.5 Å². The van der Waals surface area contributed by atoms with Crippen LogP contribution in [0, 0.1) is 27.7 Å². The highest BCUT2D eigenvalue weighted by Crippen LogP contribution is 2.33. The van der Waals surface area contributed by atoms with E-state index in [1.54, 1.807) is 43.5 Å². The molecule has 1 heterocycles. The van der Waals surface area contributed by atoms with Crippen LogP contribution < -0.4 is 14.8 Å². The molecule has 0 saturated carbocycles. The Bertz CT molecular complexity index is 1490. The zero-order valence-corrected chi connectivity index (χ0v) is 21.9. The third kappa shape index (κ3) is 5.52. The lowest BCUT2D eigenvalue weighted by molar-refractivity contribution is 0.304. The molecule has 0 saturated heterocycles. The van der Waals surface area contributed by atoms with Crippen molar-refractivity contribution in [2.75, 3.05) is 12.4 Å². The highest BCUT2D eigenvalue weighted by molar-refractivity contribution is 7.91. The van der Waals surface area contributed by atoms with Crippen molar-refractivity contribution in [2.24, 2.45) is 0 Å². The summed E-state index contributed by atoms with van der Waals surface area (Å²) in [4.78, 5) is 4.79. The van der Waals surface area contributed by atoms with Crippen LogP contribution in [0.15, 0.2) is 82.6 Å². The summed E-state index contributed by atoms with van der Waals surface area (Å²) in [5.41, 5.74) is 5.67. The molecule has 0 aliphatic heterocycles. The van der Waals surface area contributed by atoms with Gasteiger partial charge in [-0.05, 0) is 86.8 Å². The van der Waals surface area contributed by atoms with Gasteiger partial charge in [0.25, 0.3) is 0 Å². The van der Waals surface area contributed by atoms with E-state index in [9.17, 15) is 8.42 Å². The number of methoxy groups -OCH3 is 1. The number of hydrogen-bond donors (Lipinski definition) is 1. The minimum Gasteiger partial charge on any atom is -0.497 e. The van der Waals surface area contributed by atoms with Crippen molar-refractivity contribution in [3.05, 3.63) is 101 Å². The smallest absolute Gasteiger partial charge is 0.210 e. The summed E-state index contributed by atoms with van der Waals surface area (Å²) in [5, 5.41) is 3.29. The zero-order valence-electron chi connectivity index (χ0n) is 21.1. The molecule has 0 aliphatic rings. The van der Waals surface area contributed by atoms with E-state index in [1.165, 1.54) is 0 Å². The highest BCUT2D eigenvalue weighted by atomic mass is 32.2. The Morgan fingerprint density at radius 1 is 0.833 bits per heavy atom. The minimum absolute atomic E-state index is 0.109. The molecule has 0 spiro atoms. The summed E-state index contributed by atoms with van der Waals surface area (Å²) in [6, 6.07) is 21.5. The van der Waals surface area contributed by atoms with Crippen molar-refractivity contribution in [1.29, 1.82) is 0 Å². The van der Waals surface area contributed by atoms with Crippen LogP contribution in [0.5, 0.6) is 11.5 Å². The number of benzene rings is 3. The molecule has 1 N–H and O–H groups in total. The second-order valence-corrected chi connectivity index (χ2v) is 10.7. The number of aryl methyl sites for hydroxylation is 4. The molecule has 3 aromatic carbocycles. The number of aromatic nitrogens is 1. The van der Waals surface area contributed by atoms with Gasteiger partial charge in [0, 0.05) is 11.4 Å². The molecule has 0 unspecified atom stereocenters. The van der Waals surface area contributed by atoms with E-state index in [-0.39, 0.29) is 16.4 Å². The first-order valence-corrected chi connectivity index (χ1v) is 13.1. The molecular formula is C29H30N2O4S. The lowest BCUT2D eigenvalue weighted by Gasteiger charge is -2.17. The number of nitrogens with zero attached hydrogens (tertiary/aromatic N) is 1. The van der Waals surface area contributed by atoms with Crippen LogP contribution in [-0.2, 0) is 16.4 Å². The number of rotatable bonds is 8. The maximum atomic E-state index is 13.7. The zero-order chi connectivity index (χ0) is 25.9. The van der Waals surface area contributed by atoms with Gasteiger partial charge in [-0.3, -0.25) is 0 Å². The van der Waals surface area contributed by atoms with Crippen LogP contribution in [0.3, 0.4) is 0 Å². The molecule has 0 radical (unpaired) electrons. The quantitative estimate of drug-likeness (QED) is 0.297. The Morgan fingerprint density at radius 2 is 1.53 bits per heavy atom. The van der Waals surface area contributed by atoms with Gasteiger partial charge >= 0.3 is 0 Å². The first-order chi connectivity index (χ1) is 17.2. The summed E-state index contributed by atoms with van der Waals surface area (Å²) < 4.78 is 38.6. The fourth-order valence-corrected chi connectivity index (χ4v) is 5.51. The molecule has 4 aromatic rings. The van der Waals surface area contributed by atoms with Crippen molar-refractivity contribution in [2.45, 2.75) is 44.1 Å². The molecule has 0 aliphatic carbocycles. The standard InChI is InChI=1S/C29H30N2O4S/c1-19-14-20(2)28(21(3)15-19)31-29-27(13-12-22(4)30-29)36(32,33)26-11-7-10-25(17-26)35-18-23-8-6-9-24(16-23)34-5/h6-17H,18H2,1-5H3,(H,30,31). The highest BCUT2D eigenvalue weighted by Gasteiger charge is 2.24. The Balaban J connectivity index is 1.65. The van der Waals surface area contributed by atoms with Crippen molar-refractivity contribution < 1.29 is 17.9 Å². The fourth-order valence-electron chi connectivity index (χ4n) is 4.13. The Morgan fingerprint density at radius 3 is 2.25 bits per heavy atom. The maximum absolute atomic E-state index is 13.7. The molecule has 6 nitrogen and oxygen atoms in total. The van der Waals surface area contributed by atoms with Crippen LogP contribution >= 0.6 is 0 Å². The van der Waals surface area contributed by atoms with E-state index in [2.05, 4.69) is 22.4 Å². The van der Waals surface area contributed by atoms with Gasteiger partial charge in [-0.1, -0.05) is 35.9 Å². The number of hydrogen-bond acceptors (Lipinski definition) is 6. The molecule has 1 aromatic heterocycles. The largest absolute Gasteiger partial charge is 0.497 e. The van der Waals surface area contributed by atoms with E-state index in [0.717, 1.165) is 33.7 Å². The molecule has 186 valence electrons. The summed E-state index contributed by atoms with van der Waals surface area (Å²) >= 11 is 0. The second kappa shape index (κ2) is 10.4. The Labute approximate surface area is 212 Å². The van der Waals surface area contributed by atoms with Crippen molar-refractivity contribution >= 4 is 21.3 Å². The van der Waals surface area contributed by atoms with E-state index in [1.807, 2.05) is 52.0 Å². The second-order valence-electron chi connectivity index (χ2n) is 8.82. The van der Waals surface area contributed by atoms with Crippen molar-refractivity contribution in [1.82, 2.24) is 4.98 Å². The fraction of sp³-hybridized carbons (Fsp3) is 0.207. The summed E-state index contributed by atoms with van der Waals surface area (Å²) in [5.74, 6) is 1.49. The van der Waals surface area contributed by atoms with Crippen LogP contribution in [0.1, 0.15) is 27.9 Å². The lowest BCUT2D eigenvalue weighted by atomic mass is 10.1. The van der Waals surface area contributed by atoms with Gasteiger partial charge in [-0.15, -0.1) is 0 Å². The van der Waals surface area contributed by atoms with Crippen molar-refractivity contribution in [3.63, 3.8) is 0 Å². The predicted octanol–water partition coefficient (Wildman–Crippen LogP) is 6.48. The lowest BCUT2D eigenvalue weighted by Crippen LogP contribution is -2.09. The Kier molecular flexibility index (Phi) is 7.31. The number of ether oxygens (including phenoxy) is 2. The normalized spacial score (nSPS) is 11.2.